The van der Waals surface area contributed by atoms with Gasteiger partial charge in [-0.2, -0.15) is 0 Å². The zero-order chi connectivity index (χ0) is 11.1. The summed E-state index contributed by atoms with van der Waals surface area (Å²) < 4.78 is 5.47. The van der Waals surface area contributed by atoms with Crippen molar-refractivity contribution in [2.45, 2.75) is 25.4 Å². The fraction of sp³-hybridized carbons (Fsp3) is 0.727. The molecule has 0 aromatic heterocycles. The molecule has 1 rings (SSSR count). The standard InChI is InChI=1S/C11H18N2O2/c1-3-4-5-6-13-10(14)7-15-11(2)8-12-9-11/h1,12H,4-9H2,2H3,(H,13,14). The molecule has 0 radical (unpaired) electrons. The van der Waals surface area contributed by atoms with Crippen molar-refractivity contribution in [3.8, 4) is 12.3 Å². The van der Waals surface area contributed by atoms with E-state index in [4.69, 9.17) is 11.2 Å². The first kappa shape index (κ1) is 12.0. The van der Waals surface area contributed by atoms with Gasteiger partial charge in [-0.1, -0.05) is 0 Å². The molecular formula is C11H18N2O2. The molecule has 0 spiro atoms. The summed E-state index contributed by atoms with van der Waals surface area (Å²) >= 11 is 0. The first-order chi connectivity index (χ1) is 7.16. The number of carbonyl (C=O) groups excluding carboxylic acids is 1. The van der Waals surface area contributed by atoms with Crippen molar-refractivity contribution in [3.05, 3.63) is 0 Å². The molecule has 4 nitrogen and oxygen atoms in total. The lowest BCUT2D eigenvalue weighted by Gasteiger charge is -2.38. The Morgan fingerprint density at radius 1 is 1.67 bits per heavy atom. The van der Waals surface area contributed by atoms with Gasteiger partial charge in [-0.3, -0.25) is 4.79 Å². The maximum Gasteiger partial charge on any atom is 0.246 e. The number of hydrogen-bond acceptors (Lipinski definition) is 3. The SMILES string of the molecule is C#CCCCNC(=O)COC1(C)CNC1. The molecule has 1 saturated heterocycles. The third-order valence-corrected chi connectivity index (χ3v) is 2.37. The lowest BCUT2D eigenvalue weighted by Crippen LogP contribution is -2.59. The molecule has 15 heavy (non-hydrogen) atoms. The molecule has 0 saturated carbocycles. The lowest BCUT2D eigenvalue weighted by molar-refractivity contribution is -0.135. The summed E-state index contributed by atoms with van der Waals surface area (Å²) in [6, 6.07) is 0. The van der Waals surface area contributed by atoms with Crippen LogP contribution in [0.25, 0.3) is 0 Å². The molecule has 1 fully saturated rings. The van der Waals surface area contributed by atoms with Gasteiger partial charge in [-0.25, -0.2) is 0 Å². The fourth-order valence-electron chi connectivity index (χ4n) is 1.29. The summed E-state index contributed by atoms with van der Waals surface area (Å²) in [5, 5.41) is 5.86. The van der Waals surface area contributed by atoms with Crippen molar-refractivity contribution in [1.29, 1.82) is 0 Å². The van der Waals surface area contributed by atoms with Gasteiger partial charge in [0.05, 0.1) is 5.60 Å². The second-order valence-corrected chi connectivity index (χ2v) is 4.00. The van der Waals surface area contributed by atoms with Gasteiger partial charge in [0.15, 0.2) is 0 Å². The van der Waals surface area contributed by atoms with Gasteiger partial charge < -0.3 is 15.4 Å². The minimum absolute atomic E-state index is 0.0693. The maximum absolute atomic E-state index is 11.3. The monoisotopic (exact) mass is 210 g/mol. The minimum atomic E-state index is -0.157. The molecule has 0 aromatic rings. The van der Waals surface area contributed by atoms with E-state index in [0.717, 1.165) is 19.5 Å². The van der Waals surface area contributed by atoms with Crippen molar-refractivity contribution in [3.63, 3.8) is 0 Å². The predicted molar refractivity (Wildman–Crippen MR) is 58.3 cm³/mol. The third-order valence-electron chi connectivity index (χ3n) is 2.37. The number of unbranched alkanes of at least 4 members (excludes halogenated alkanes) is 1. The Kier molecular flexibility index (Phi) is 4.60. The second-order valence-electron chi connectivity index (χ2n) is 4.00. The van der Waals surface area contributed by atoms with E-state index < -0.39 is 0 Å². The number of amides is 1. The van der Waals surface area contributed by atoms with Crippen molar-refractivity contribution in [1.82, 2.24) is 10.6 Å². The van der Waals surface area contributed by atoms with Crippen molar-refractivity contribution >= 4 is 5.91 Å². The Labute approximate surface area is 90.8 Å². The highest BCUT2D eigenvalue weighted by Gasteiger charge is 2.32. The predicted octanol–water partition coefficient (Wildman–Crippen LogP) is -0.105. The number of rotatable bonds is 6. The largest absolute Gasteiger partial charge is 0.363 e. The number of nitrogens with one attached hydrogen (secondary N) is 2. The summed E-state index contributed by atoms with van der Waals surface area (Å²) in [4.78, 5) is 11.3. The van der Waals surface area contributed by atoms with Crippen LogP contribution in [0.1, 0.15) is 19.8 Å². The molecule has 4 heteroatoms. The minimum Gasteiger partial charge on any atom is -0.363 e. The Bertz CT molecular complexity index is 254. The van der Waals surface area contributed by atoms with Gasteiger partial charge >= 0.3 is 0 Å². The van der Waals surface area contributed by atoms with Gasteiger partial charge in [0.2, 0.25) is 5.91 Å². The zero-order valence-corrected chi connectivity index (χ0v) is 9.14. The van der Waals surface area contributed by atoms with Gasteiger partial charge in [0.1, 0.15) is 6.61 Å². The van der Waals surface area contributed by atoms with E-state index >= 15 is 0 Å². The summed E-state index contributed by atoms with van der Waals surface area (Å²) in [6.07, 6.45) is 6.61. The zero-order valence-electron chi connectivity index (χ0n) is 9.14. The van der Waals surface area contributed by atoms with Crippen LogP contribution in [0.15, 0.2) is 0 Å². The van der Waals surface area contributed by atoms with Gasteiger partial charge in [-0.15, -0.1) is 12.3 Å². The molecule has 2 N–H and O–H groups in total. The van der Waals surface area contributed by atoms with Gasteiger partial charge in [-0.05, 0) is 13.3 Å². The van der Waals surface area contributed by atoms with Crippen LogP contribution in [0, 0.1) is 12.3 Å². The van der Waals surface area contributed by atoms with Crippen LogP contribution in [-0.2, 0) is 9.53 Å². The van der Waals surface area contributed by atoms with E-state index in [2.05, 4.69) is 16.6 Å². The molecule has 1 amide bonds. The number of hydrogen-bond donors (Lipinski definition) is 2. The molecule has 0 unspecified atom stereocenters. The highest BCUT2D eigenvalue weighted by Crippen LogP contribution is 2.14. The molecule has 0 aliphatic carbocycles. The summed E-state index contributed by atoms with van der Waals surface area (Å²) in [5.41, 5.74) is -0.157. The Balaban J connectivity index is 2.01. The van der Waals surface area contributed by atoms with E-state index in [1.54, 1.807) is 0 Å². The molecule has 1 aliphatic rings. The summed E-state index contributed by atoms with van der Waals surface area (Å²) in [5.74, 6) is 2.46. The average Bonchev–Trinajstić information content (AvgIpc) is 2.19. The number of carbonyl (C=O) groups is 1. The average molecular weight is 210 g/mol. The Hall–Kier alpha value is -1.05. The molecule has 0 bridgehead atoms. The first-order valence-corrected chi connectivity index (χ1v) is 5.21. The van der Waals surface area contributed by atoms with Crippen LogP contribution < -0.4 is 10.6 Å². The smallest absolute Gasteiger partial charge is 0.246 e. The highest BCUT2D eigenvalue weighted by molar-refractivity contribution is 5.77. The third kappa shape index (κ3) is 4.32. The normalized spacial score (nSPS) is 17.6. The van der Waals surface area contributed by atoms with E-state index in [1.165, 1.54) is 0 Å². The molecule has 1 aliphatic heterocycles. The maximum atomic E-state index is 11.3. The van der Waals surface area contributed by atoms with Crippen LogP contribution in [0.2, 0.25) is 0 Å². The molecule has 0 aromatic carbocycles. The number of terminal acetylenes is 1. The molecule has 1 heterocycles. The van der Waals surface area contributed by atoms with Crippen LogP contribution in [0.3, 0.4) is 0 Å². The van der Waals surface area contributed by atoms with E-state index in [-0.39, 0.29) is 18.1 Å². The molecular weight excluding hydrogens is 192 g/mol. The van der Waals surface area contributed by atoms with Crippen molar-refractivity contribution in [2.75, 3.05) is 26.2 Å². The fourth-order valence-corrected chi connectivity index (χ4v) is 1.29. The van der Waals surface area contributed by atoms with E-state index in [1.807, 2.05) is 6.92 Å². The Morgan fingerprint density at radius 3 is 2.93 bits per heavy atom. The van der Waals surface area contributed by atoms with Crippen LogP contribution in [-0.4, -0.2) is 37.7 Å². The summed E-state index contributed by atoms with van der Waals surface area (Å²) in [7, 11) is 0. The molecule has 0 atom stereocenters. The topological polar surface area (TPSA) is 50.4 Å². The van der Waals surface area contributed by atoms with E-state index in [0.29, 0.717) is 13.0 Å². The quantitative estimate of drug-likeness (QED) is 0.475. The van der Waals surface area contributed by atoms with Crippen LogP contribution >= 0.6 is 0 Å². The number of ether oxygens (including phenoxy) is 1. The summed E-state index contributed by atoms with van der Waals surface area (Å²) in [6.45, 7) is 4.39. The second kappa shape index (κ2) is 5.74. The molecule has 84 valence electrons. The van der Waals surface area contributed by atoms with Crippen LogP contribution in [0.4, 0.5) is 0 Å². The lowest BCUT2D eigenvalue weighted by atomic mass is 10.0. The highest BCUT2D eigenvalue weighted by atomic mass is 16.5. The van der Waals surface area contributed by atoms with Gasteiger partial charge in [0.25, 0.3) is 0 Å². The van der Waals surface area contributed by atoms with Crippen LogP contribution in [0.5, 0.6) is 0 Å². The van der Waals surface area contributed by atoms with Crippen molar-refractivity contribution in [2.24, 2.45) is 0 Å². The Morgan fingerprint density at radius 2 is 2.40 bits per heavy atom. The first-order valence-electron chi connectivity index (χ1n) is 5.21. The van der Waals surface area contributed by atoms with Gasteiger partial charge in [0, 0.05) is 26.1 Å². The van der Waals surface area contributed by atoms with E-state index in [9.17, 15) is 4.79 Å². The van der Waals surface area contributed by atoms with Crippen molar-refractivity contribution < 1.29 is 9.53 Å².